The van der Waals surface area contributed by atoms with Crippen molar-refractivity contribution >= 4 is 17.5 Å². The van der Waals surface area contributed by atoms with Gasteiger partial charge in [0.25, 0.3) is 5.91 Å². The molecular formula is C23H28N4O4. The molecule has 8 heteroatoms. The third-order valence-corrected chi connectivity index (χ3v) is 6.04. The van der Waals surface area contributed by atoms with Gasteiger partial charge in [0.1, 0.15) is 0 Å². The molecule has 164 valence electrons. The fourth-order valence-corrected chi connectivity index (χ4v) is 4.37. The van der Waals surface area contributed by atoms with Crippen LogP contribution in [-0.2, 0) is 17.9 Å². The number of aromatic nitrogens is 1. The molecular weight excluding hydrogens is 396 g/mol. The summed E-state index contributed by atoms with van der Waals surface area (Å²) in [5.74, 6) is 0.554. The minimum atomic E-state index is -0.195. The molecule has 0 aliphatic carbocycles. The predicted molar refractivity (Wildman–Crippen MR) is 116 cm³/mol. The van der Waals surface area contributed by atoms with Gasteiger partial charge in [0.05, 0.1) is 25.9 Å². The standard InChI is InChI=1S/C23H28N4O4/c1-14-8-16-12-27(13-17(16)11-24-14)23(29)15-9-18(21(31-4)20(10-15)30-3)25-22(28)19-6-5-7-26(19)2/h8-11,19H,5-7,12-13H2,1-4H3,(H,25,28)/t19-/m0/s1. The van der Waals surface area contributed by atoms with Crippen molar-refractivity contribution in [3.63, 3.8) is 0 Å². The Morgan fingerprint density at radius 1 is 1.13 bits per heavy atom. The third kappa shape index (κ3) is 4.07. The Bertz CT molecular complexity index is 1020. The normalized spacial score (nSPS) is 18.1. The lowest BCUT2D eigenvalue weighted by molar-refractivity contribution is -0.119. The van der Waals surface area contributed by atoms with Crippen LogP contribution in [0.3, 0.4) is 0 Å². The SMILES string of the molecule is COc1cc(C(=O)N2Cc3cnc(C)cc3C2)cc(NC(=O)[C@@H]2CCCN2C)c1OC. The fourth-order valence-electron chi connectivity index (χ4n) is 4.37. The van der Waals surface area contributed by atoms with E-state index in [0.717, 1.165) is 36.2 Å². The summed E-state index contributed by atoms with van der Waals surface area (Å²) in [6, 6.07) is 5.15. The number of nitrogens with zero attached hydrogens (tertiary/aromatic N) is 3. The van der Waals surface area contributed by atoms with Gasteiger partial charge in [0, 0.05) is 30.5 Å². The Labute approximate surface area is 182 Å². The minimum Gasteiger partial charge on any atom is -0.493 e. The fraction of sp³-hybridized carbons (Fsp3) is 0.435. The van der Waals surface area contributed by atoms with Crippen molar-refractivity contribution in [1.82, 2.24) is 14.8 Å². The molecule has 0 unspecified atom stereocenters. The van der Waals surface area contributed by atoms with Crippen LogP contribution in [-0.4, -0.2) is 60.5 Å². The Morgan fingerprint density at radius 2 is 1.90 bits per heavy atom. The Balaban J connectivity index is 1.61. The molecule has 0 spiro atoms. The van der Waals surface area contributed by atoms with Gasteiger partial charge in [-0.25, -0.2) is 0 Å². The van der Waals surface area contributed by atoms with Crippen LogP contribution in [0.5, 0.6) is 11.5 Å². The minimum absolute atomic E-state index is 0.111. The molecule has 1 saturated heterocycles. The highest BCUT2D eigenvalue weighted by atomic mass is 16.5. The number of benzene rings is 1. The van der Waals surface area contributed by atoms with Crippen LogP contribution < -0.4 is 14.8 Å². The summed E-state index contributed by atoms with van der Waals surface area (Å²) in [6.45, 7) is 3.86. The number of fused-ring (bicyclic) bond motifs is 1. The zero-order chi connectivity index (χ0) is 22.1. The van der Waals surface area contributed by atoms with E-state index in [1.165, 1.54) is 14.2 Å². The number of anilines is 1. The van der Waals surface area contributed by atoms with Gasteiger partial charge in [-0.05, 0) is 62.7 Å². The molecule has 1 N–H and O–H groups in total. The Morgan fingerprint density at radius 3 is 2.58 bits per heavy atom. The van der Waals surface area contributed by atoms with E-state index in [9.17, 15) is 9.59 Å². The lowest BCUT2D eigenvalue weighted by Crippen LogP contribution is -2.37. The molecule has 1 aromatic heterocycles. The number of rotatable bonds is 5. The summed E-state index contributed by atoms with van der Waals surface area (Å²) in [6.07, 6.45) is 3.62. The predicted octanol–water partition coefficient (Wildman–Crippen LogP) is 2.60. The molecule has 2 aromatic rings. The van der Waals surface area contributed by atoms with Gasteiger partial charge in [0.15, 0.2) is 11.5 Å². The van der Waals surface area contributed by atoms with E-state index in [0.29, 0.717) is 35.8 Å². The smallest absolute Gasteiger partial charge is 0.254 e. The number of hydrogen-bond donors (Lipinski definition) is 1. The van der Waals surface area contributed by atoms with E-state index in [4.69, 9.17) is 9.47 Å². The largest absolute Gasteiger partial charge is 0.493 e. The van der Waals surface area contributed by atoms with Crippen LogP contribution in [0.25, 0.3) is 0 Å². The average molecular weight is 425 g/mol. The van der Waals surface area contributed by atoms with Gasteiger partial charge in [-0.3, -0.25) is 19.5 Å². The maximum absolute atomic E-state index is 13.3. The van der Waals surface area contributed by atoms with Crippen molar-refractivity contribution in [3.8, 4) is 11.5 Å². The summed E-state index contributed by atoms with van der Waals surface area (Å²) in [5.41, 5.74) is 3.97. The number of carbonyl (C=O) groups excluding carboxylic acids is 2. The molecule has 1 atom stereocenters. The summed E-state index contributed by atoms with van der Waals surface area (Å²) in [7, 11) is 4.97. The summed E-state index contributed by atoms with van der Waals surface area (Å²) in [4.78, 5) is 34.3. The first-order valence-corrected chi connectivity index (χ1v) is 10.4. The molecule has 4 rings (SSSR count). The first-order chi connectivity index (χ1) is 14.9. The second-order valence-electron chi connectivity index (χ2n) is 8.14. The lowest BCUT2D eigenvalue weighted by atomic mass is 10.1. The average Bonchev–Trinajstić information content (AvgIpc) is 3.38. The number of ether oxygens (including phenoxy) is 2. The third-order valence-electron chi connectivity index (χ3n) is 6.04. The Kier molecular flexibility index (Phi) is 5.82. The number of hydrogen-bond acceptors (Lipinski definition) is 6. The van der Waals surface area contributed by atoms with Gasteiger partial charge in [0.2, 0.25) is 5.91 Å². The maximum Gasteiger partial charge on any atom is 0.254 e. The Hall–Kier alpha value is -3.13. The van der Waals surface area contributed by atoms with Crippen LogP contribution in [0.1, 0.15) is 40.0 Å². The molecule has 2 aliphatic rings. The van der Waals surface area contributed by atoms with E-state index in [2.05, 4.69) is 10.3 Å². The topological polar surface area (TPSA) is 84.0 Å². The van der Waals surface area contributed by atoms with Crippen molar-refractivity contribution in [2.75, 3.05) is 33.1 Å². The van der Waals surface area contributed by atoms with E-state index in [1.54, 1.807) is 17.0 Å². The van der Waals surface area contributed by atoms with E-state index < -0.39 is 0 Å². The zero-order valence-corrected chi connectivity index (χ0v) is 18.4. The second kappa shape index (κ2) is 8.55. The summed E-state index contributed by atoms with van der Waals surface area (Å²) in [5, 5.41) is 2.95. The highest BCUT2D eigenvalue weighted by Gasteiger charge is 2.30. The number of carbonyl (C=O) groups is 2. The van der Waals surface area contributed by atoms with Gasteiger partial charge in [-0.15, -0.1) is 0 Å². The van der Waals surface area contributed by atoms with Crippen LogP contribution in [0, 0.1) is 6.92 Å². The van der Waals surface area contributed by atoms with Crippen molar-refractivity contribution in [3.05, 3.63) is 46.8 Å². The van der Waals surface area contributed by atoms with E-state index in [-0.39, 0.29) is 17.9 Å². The molecule has 0 bridgehead atoms. The molecule has 0 radical (unpaired) electrons. The number of methoxy groups -OCH3 is 2. The quantitative estimate of drug-likeness (QED) is 0.794. The highest BCUT2D eigenvalue weighted by molar-refractivity contribution is 6.01. The summed E-state index contributed by atoms with van der Waals surface area (Å²) < 4.78 is 11.0. The molecule has 3 heterocycles. The zero-order valence-electron chi connectivity index (χ0n) is 18.4. The molecule has 0 saturated carbocycles. The van der Waals surface area contributed by atoms with Crippen molar-refractivity contribution in [2.24, 2.45) is 0 Å². The second-order valence-corrected chi connectivity index (χ2v) is 8.14. The van der Waals surface area contributed by atoms with E-state index in [1.807, 2.05) is 31.1 Å². The number of pyridine rings is 1. The number of likely N-dealkylation sites (tertiary alicyclic amines) is 1. The van der Waals surface area contributed by atoms with Crippen LogP contribution in [0.2, 0.25) is 0 Å². The molecule has 1 fully saturated rings. The molecule has 31 heavy (non-hydrogen) atoms. The van der Waals surface area contributed by atoms with Crippen LogP contribution >= 0.6 is 0 Å². The number of amides is 2. The number of likely N-dealkylation sites (N-methyl/N-ethyl adjacent to an activating group) is 1. The van der Waals surface area contributed by atoms with E-state index >= 15 is 0 Å². The summed E-state index contributed by atoms with van der Waals surface area (Å²) >= 11 is 0. The molecule has 8 nitrogen and oxygen atoms in total. The highest BCUT2D eigenvalue weighted by Crippen LogP contribution is 2.38. The lowest BCUT2D eigenvalue weighted by Gasteiger charge is -2.22. The van der Waals surface area contributed by atoms with Crippen molar-refractivity contribution in [2.45, 2.75) is 38.9 Å². The maximum atomic E-state index is 13.3. The van der Waals surface area contributed by atoms with Gasteiger partial charge < -0.3 is 19.7 Å². The first kappa shape index (κ1) is 21.1. The molecule has 1 aromatic carbocycles. The molecule has 2 aliphatic heterocycles. The monoisotopic (exact) mass is 424 g/mol. The van der Waals surface area contributed by atoms with Crippen molar-refractivity contribution in [1.29, 1.82) is 0 Å². The number of aryl methyl sites for hydroxylation is 1. The first-order valence-electron chi connectivity index (χ1n) is 10.4. The van der Waals surface area contributed by atoms with Crippen LogP contribution in [0.15, 0.2) is 24.4 Å². The van der Waals surface area contributed by atoms with Gasteiger partial charge in [-0.1, -0.05) is 0 Å². The van der Waals surface area contributed by atoms with Crippen LogP contribution in [0.4, 0.5) is 5.69 Å². The van der Waals surface area contributed by atoms with Crippen molar-refractivity contribution < 1.29 is 19.1 Å². The van der Waals surface area contributed by atoms with Gasteiger partial charge >= 0.3 is 0 Å². The van der Waals surface area contributed by atoms with Gasteiger partial charge in [-0.2, -0.15) is 0 Å². The molecule has 2 amide bonds. The number of nitrogens with one attached hydrogen (secondary N) is 1.